The Morgan fingerprint density at radius 1 is 1.05 bits per heavy atom. The predicted octanol–water partition coefficient (Wildman–Crippen LogP) is 5.23. The number of hydrogen-bond acceptors (Lipinski definition) is 2. The molecule has 2 aromatic rings. The van der Waals surface area contributed by atoms with Crippen molar-refractivity contribution >= 4 is 23.2 Å². The molecule has 0 heterocycles. The van der Waals surface area contributed by atoms with Gasteiger partial charge in [-0.25, -0.2) is 0 Å². The van der Waals surface area contributed by atoms with Gasteiger partial charge >= 0.3 is 0 Å². The summed E-state index contributed by atoms with van der Waals surface area (Å²) in [7, 11) is 0. The van der Waals surface area contributed by atoms with Gasteiger partial charge in [-0.3, -0.25) is 0 Å². The molecule has 2 aromatic carbocycles. The minimum atomic E-state index is -0.561. The lowest BCUT2D eigenvalue weighted by Gasteiger charge is -2.15. The molecule has 2 nitrogen and oxygen atoms in total. The van der Waals surface area contributed by atoms with Crippen molar-refractivity contribution < 1.29 is 9.84 Å². The van der Waals surface area contributed by atoms with Crippen molar-refractivity contribution in [3.05, 3.63) is 58.1 Å². The van der Waals surface area contributed by atoms with E-state index in [4.69, 9.17) is 27.9 Å². The summed E-state index contributed by atoms with van der Waals surface area (Å²) in [5.41, 5.74) is 0.737. The molecule has 0 amide bonds. The van der Waals surface area contributed by atoms with Crippen LogP contribution in [0.1, 0.15) is 25.0 Å². The van der Waals surface area contributed by atoms with Crippen molar-refractivity contribution in [2.45, 2.75) is 19.4 Å². The molecule has 100 valence electrons. The molecule has 19 heavy (non-hydrogen) atoms. The van der Waals surface area contributed by atoms with Crippen molar-refractivity contribution in [2.24, 2.45) is 0 Å². The monoisotopic (exact) mass is 296 g/mol. The Labute approximate surface area is 122 Å². The largest absolute Gasteiger partial charge is 0.455 e. The molecule has 0 bridgehead atoms. The summed E-state index contributed by atoms with van der Waals surface area (Å²) >= 11 is 12.0. The molecule has 4 heteroatoms. The van der Waals surface area contributed by atoms with Gasteiger partial charge in [0.2, 0.25) is 0 Å². The van der Waals surface area contributed by atoms with Gasteiger partial charge in [-0.2, -0.15) is 0 Å². The number of rotatable bonds is 4. The van der Waals surface area contributed by atoms with Crippen LogP contribution in [0, 0.1) is 0 Å². The SMILES string of the molecule is CC[C@H](O)c1ccccc1Oc1cccc(Cl)c1Cl. The average molecular weight is 297 g/mol. The highest BCUT2D eigenvalue weighted by Gasteiger charge is 2.13. The van der Waals surface area contributed by atoms with Crippen LogP contribution in [0.15, 0.2) is 42.5 Å². The van der Waals surface area contributed by atoms with Crippen LogP contribution in [0.3, 0.4) is 0 Å². The molecular weight excluding hydrogens is 283 g/mol. The Morgan fingerprint density at radius 2 is 1.74 bits per heavy atom. The van der Waals surface area contributed by atoms with Crippen LogP contribution in [0.25, 0.3) is 0 Å². The van der Waals surface area contributed by atoms with E-state index in [1.165, 1.54) is 0 Å². The summed E-state index contributed by atoms with van der Waals surface area (Å²) in [6.45, 7) is 1.91. The molecule has 0 fully saturated rings. The Kier molecular flexibility index (Phi) is 4.70. The molecule has 2 rings (SSSR count). The van der Waals surface area contributed by atoms with Gasteiger partial charge in [0.1, 0.15) is 16.5 Å². The number of aliphatic hydroxyl groups is 1. The highest BCUT2D eigenvalue weighted by molar-refractivity contribution is 6.42. The summed E-state index contributed by atoms with van der Waals surface area (Å²) in [6.07, 6.45) is 0.0538. The van der Waals surface area contributed by atoms with Crippen molar-refractivity contribution in [1.82, 2.24) is 0 Å². The van der Waals surface area contributed by atoms with Crippen LogP contribution in [0.4, 0.5) is 0 Å². The van der Waals surface area contributed by atoms with Crippen molar-refractivity contribution in [3.63, 3.8) is 0 Å². The normalized spacial score (nSPS) is 12.2. The van der Waals surface area contributed by atoms with E-state index >= 15 is 0 Å². The second kappa shape index (κ2) is 6.29. The first-order chi connectivity index (χ1) is 9.13. The number of aliphatic hydroxyl groups excluding tert-OH is 1. The van der Waals surface area contributed by atoms with Gasteiger partial charge in [0.05, 0.1) is 11.1 Å². The molecule has 1 atom stereocenters. The second-order valence-corrected chi connectivity index (χ2v) is 4.90. The van der Waals surface area contributed by atoms with E-state index in [1.54, 1.807) is 24.3 Å². The zero-order valence-electron chi connectivity index (χ0n) is 10.4. The summed E-state index contributed by atoms with van der Waals surface area (Å²) in [4.78, 5) is 0. The first-order valence-corrected chi connectivity index (χ1v) is 6.78. The topological polar surface area (TPSA) is 29.5 Å². The zero-order valence-corrected chi connectivity index (χ0v) is 11.9. The van der Waals surface area contributed by atoms with E-state index in [0.717, 1.165) is 5.56 Å². The highest BCUT2D eigenvalue weighted by Crippen LogP contribution is 2.37. The number of halogens is 2. The quantitative estimate of drug-likeness (QED) is 0.837. The fourth-order valence-electron chi connectivity index (χ4n) is 1.75. The first kappa shape index (κ1) is 14.2. The number of hydrogen-bond donors (Lipinski definition) is 1. The fraction of sp³-hybridized carbons (Fsp3) is 0.200. The molecule has 0 radical (unpaired) electrons. The average Bonchev–Trinajstić information content (AvgIpc) is 2.43. The first-order valence-electron chi connectivity index (χ1n) is 6.02. The lowest BCUT2D eigenvalue weighted by atomic mass is 10.1. The Hall–Kier alpha value is -1.22. The lowest BCUT2D eigenvalue weighted by molar-refractivity contribution is 0.170. The summed E-state index contributed by atoms with van der Waals surface area (Å²) < 4.78 is 5.77. The van der Waals surface area contributed by atoms with E-state index in [-0.39, 0.29) is 0 Å². The minimum Gasteiger partial charge on any atom is -0.455 e. The highest BCUT2D eigenvalue weighted by atomic mass is 35.5. The smallest absolute Gasteiger partial charge is 0.147 e. The Morgan fingerprint density at radius 3 is 2.47 bits per heavy atom. The van der Waals surface area contributed by atoms with Gasteiger partial charge in [-0.15, -0.1) is 0 Å². The maximum atomic E-state index is 9.97. The van der Waals surface area contributed by atoms with E-state index in [0.29, 0.717) is 28.0 Å². The number of benzene rings is 2. The van der Waals surface area contributed by atoms with Crippen LogP contribution in [0.5, 0.6) is 11.5 Å². The standard InChI is InChI=1S/C15H14Cl2O2/c1-2-12(18)10-6-3-4-8-13(10)19-14-9-5-7-11(16)15(14)17/h3-9,12,18H,2H2,1H3/t12-/m0/s1. The van der Waals surface area contributed by atoms with Crippen molar-refractivity contribution in [1.29, 1.82) is 0 Å². The summed E-state index contributed by atoms with van der Waals surface area (Å²) in [5, 5.41) is 10.8. The maximum Gasteiger partial charge on any atom is 0.147 e. The molecule has 0 spiro atoms. The maximum absolute atomic E-state index is 9.97. The number of para-hydroxylation sites is 1. The third-order valence-electron chi connectivity index (χ3n) is 2.80. The van der Waals surface area contributed by atoms with E-state index in [1.807, 2.05) is 25.1 Å². The molecule has 0 aliphatic carbocycles. The van der Waals surface area contributed by atoms with Gasteiger partial charge in [-0.05, 0) is 24.6 Å². The Bertz CT molecular complexity index is 570. The molecule has 0 aliphatic rings. The van der Waals surface area contributed by atoms with E-state index < -0.39 is 6.10 Å². The van der Waals surface area contributed by atoms with Gasteiger partial charge in [0, 0.05) is 5.56 Å². The molecule has 1 N–H and O–H groups in total. The predicted molar refractivity (Wildman–Crippen MR) is 78.2 cm³/mol. The molecular formula is C15H14Cl2O2. The third kappa shape index (κ3) is 3.21. The molecule has 0 saturated carbocycles. The van der Waals surface area contributed by atoms with Crippen LogP contribution in [-0.2, 0) is 0 Å². The summed E-state index contributed by atoms with van der Waals surface area (Å²) in [6, 6.07) is 12.5. The van der Waals surface area contributed by atoms with Crippen molar-refractivity contribution in [3.8, 4) is 11.5 Å². The van der Waals surface area contributed by atoms with Gasteiger partial charge in [0.25, 0.3) is 0 Å². The van der Waals surface area contributed by atoms with E-state index in [2.05, 4.69) is 0 Å². The lowest BCUT2D eigenvalue weighted by Crippen LogP contribution is -1.98. The van der Waals surface area contributed by atoms with Gasteiger partial charge in [-0.1, -0.05) is 54.4 Å². The minimum absolute atomic E-state index is 0.366. The van der Waals surface area contributed by atoms with Crippen LogP contribution >= 0.6 is 23.2 Å². The molecule has 0 saturated heterocycles. The third-order valence-corrected chi connectivity index (χ3v) is 3.60. The Balaban J connectivity index is 2.36. The van der Waals surface area contributed by atoms with Crippen LogP contribution < -0.4 is 4.74 Å². The molecule has 0 unspecified atom stereocenters. The molecule has 0 aromatic heterocycles. The van der Waals surface area contributed by atoms with Crippen LogP contribution in [0.2, 0.25) is 10.0 Å². The van der Waals surface area contributed by atoms with Crippen molar-refractivity contribution in [2.75, 3.05) is 0 Å². The zero-order chi connectivity index (χ0) is 13.8. The van der Waals surface area contributed by atoms with E-state index in [9.17, 15) is 5.11 Å². The molecule has 0 aliphatic heterocycles. The van der Waals surface area contributed by atoms with Gasteiger partial charge < -0.3 is 9.84 Å². The number of ether oxygens (including phenoxy) is 1. The summed E-state index contributed by atoms with van der Waals surface area (Å²) in [5.74, 6) is 1.06. The fourth-order valence-corrected chi connectivity index (χ4v) is 2.08. The van der Waals surface area contributed by atoms with Gasteiger partial charge in [0.15, 0.2) is 0 Å². The second-order valence-electron chi connectivity index (χ2n) is 4.12. The van der Waals surface area contributed by atoms with Crippen LogP contribution in [-0.4, -0.2) is 5.11 Å².